The second-order valence-corrected chi connectivity index (χ2v) is 6.98. The van der Waals surface area contributed by atoms with Crippen LogP contribution >= 0.6 is 11.6 Å². The number of benzene rings is 2. The van der Waals surface area contributed by atoms with E-state index < -0.39 is 17.8 Å². The van der Waals surface area contributed by atoms with Crippen LogP contribution in [0.5, 0.6) is 11.5 Å². The van der Waals surface area contributed by atoms with Gasteiger partial charge in [-0.15, -0.1) is 0 Å². The van der Waals surface area contributed by atoms with Gasteiger partial charge in [0.05, 0.1) is 19.4 Å². The Hall–Kier alpha value is -3.32. The number of hydrogen-bond donors (Lipinski definition) is 1. The fourth-order valence-electron chi connectivity index (χ4n) is 2.87. The number of nitrogens with one attached hydrogen (secondary N) is 1. The number of carbonyl (C=O) groups is 3. The fraction of sp³-hybridized carbons (Fsp3) is 0.227. The van der Waals surface area contributed by atoms with Gasteiger partial charge in [0.2, 0.25) is 0 Å². The third kappa shape index (κ3) is 4.63. The van der Waals surface area contributed by atoms with Crippen molar-refractivity contribution in [3.63, 3.8) is 0 Å². The molecule has 1 saturated heterocycles. The van der Waals surface area contributed by atoms with E-state index in [1.807, 2.05) is 6.92 Å². The van der Waals surface area contributed by atoms with E-state index in [-0.39, 0.29) is 5.57 Å². The molecule has 0 radical (unpaired) electrons. The summed E-state index contributed by atoms with van der Waals surface area (Å²) in [4.78, 5) is 38.7. The molecule has 0 bridgehead atoms. The highest BCUT2D eigenvalue weighted by Crippen LogP contribution is 2.28. The maximum Gasteiger partial charge on any atom is 0.335 e. The first-order valence-corrected chi connectivity index (χ1v) is 9.80. The molecule has 1 N–H and O–H groups in total. The number of barbiturate groups is 1. The summed E-state index contributed by atoms with van der Waals surface area (Å²) in [7, 11) is 1.51. The minimum Gasteiger partial charge on any atom is -0.497 e. The van der Waals surface area contributed by atoms with Crippen LogP contribution in [-0.2, 0) is 9.59 Å². The summed E-state index contributed by atoms with van der Waals surface area (Å²) >= 11 is 6.10. The van der Waals surface area contributed by atoms with Crippen LogP contribution in [0.1, 0.15) is 25.3 Å². The van der Waals surface area contributed by atoms with Crippen molar-refractivity contribution in [2.75, 3.05) is 18.6 Å². The Labute approximate surface area is 179 Å². The Morgan fingerprint density at radius 2 is 1.83 bits per heavy atom. The number of rotatable bonds is 7. The number of nitrogens with zero attached hydrogens (tertiary/aromatic N) is 1. The highest BCUT2D eigenvalue weighted by molar-refractivity contribution is 6.39. The molecule has 0 saturated carbocycles. The Morgan fingerprint density at radius 3 is 2.50 bits per heavy atom. The molecule has 4 amide bonds. The SMILES string of the molecule is CCCCOc1ccc(Cl)cc1/C=C1\C(=O)NC(=O)N(c2ccc(OC)cc2)C1=O. The minimum absolute atomic E-state index is 0.201. The maximum atomic E-state index is 13.0. The van der Waals surface area contributed by atoms with Gasteiger partial charge in [-0.05, 0) is 55.0 Å². The summed E-state index contributed by atoms with van der Waals surface area (Å²) in [6, 6.07) is 10.5. The number of anilines is 1. The van der Waals surface area contributed by atoms with Gasteiger partial charge in [-0.2, -0.15) is 0 Å². The summed E-state index contributed by atoms with van der Waals surface area (Å²) in [5.41, 5.74) is 0.580. The predicted octanol–water partition coefficient (Wildman–Crippen LogP) is 4.19. The largest absolute Gasteiger partial charge is 0.497 e. The van der Waals surface area contributed by atoms with Crippen molar-refractivity contribution < 1.29 is 23.9 Å². The van der Waals surface area contributed by atoms with Crippen LogP contribution in [0.2, 0.25) is 5.02 Å². The summed E-state index contributed by atoms with van der Waals surface area (Å²) < 4.78 is 10.9. The second kappa shape index (κ2) is 9.45. The number of methoxy groups -OCH3 is 1. The first-order chi connectivity index (χ1) is 14.4. The lowest BCUT2D eigenvalue weighted by Crippen LogP contribution is -2.54. The van der Waals surface area contributed by atoms with Crippen molar-refractivity contribution in [3.8, 4) is 11.5 Å². The van der Waals surface area contributed by atoms with E-state index in [1.54, 1.807) is 42.5 Å². The highest BCUT2D eigenvalue weighted by Gasteiger charge is 2.37. The number of carbonyl (C=O) groups excluding carboxylic acids is 3. The zero-order valence-corrected chi connectivity index (χ0v) is 17.4. The number of ether oxygens (including phenoxy) is 2. The van der Waals surface area contributed by atoms with Crippen molar-refractivity contribution in [1.29, 1.82) is 0 Å². The maximum absolute atomic E-state index is 13.0. The Kier molecular flexibility index (Phi) is 6.74. The van der Waals surface area contributed by atoms with Crippen LogP contribution < -0.4 is 19.7 Å². The average molecular weight is 429 g/mol. The number of imide groups is 2. The lowest BCUT2D eigenvalue weighted by Gasteiger charge is -2.26. The third-order valence-corrected chi connectivity index (χ3v) is 4.69. The molecule has 1 aliphatic heterocycles. The van der Waals surface area contributed by atoms with Crippen LogP contribution in [-0.4, -0.2) is 31.6 Å². The molecule has 1 heterocycles. The molecule has 3 rings (SSSR count). The van der Waals surface area contributed by atoms with Crippen molar-refractivity contribution in [3.05, 3.63) is 58.6 Å². The number of halogens is 1. The average Bonchev–Trinajstić information content (AvgIpc) is 2.73. The van der Waals surface area contributed by atoms with Crippen LogP contribution in [0.15, 0.2) is 48.0 Å². The van der Waals surface area contributed by atoms with Crippen LogP contribution in [0.25, 0.3) is 6.08 Å². The van der Waals surface area contributed by atoms with Gasteiger partial charge in [-0.1, -0.05) is 24.9 Å². The Balaban J connectivity index is 1.97. The smallest absolute Gasteiger partial charge is 0.335 e. The van der Waals surface area contributed by atoms with Crippen molar-refractivity contribution in [2.45, 2.75) is 19.8 Å². The van der Waals surface area contributed by atoms with Gasteiger partial charge in [0, 0.05) is 10.6 Å². The van der Waals surface area contributed by atoms with Gasteiger partial charge < -0.3 is 9.47 Å². The molecule has 0 unspecified atom stereocenters. The number of urea groups is 1. The molecule has 2 aromatic rings. The standard InChI is InChI=1S/C22H21ClN2O5/c1-3-4-11-30-19-10-5-15(23)12-14(19)13-18-20(26)24-22(28)25(21(18)27)16-6-8-17(29-2)9-7-16/h5-10,12-13H,3-4,11H2,1-2H3,(H,24,26,28)/b18-13+. The van der Waals surface area contributed by atoms with Crippen molar-refractivity contribution in [2.24, 2.45) is 0 Å². The molecule has 8 heteroatoms. The van der Waals surface area contributed by atoms with Crippen molar-refractivity contribution >= 4 is 41.2 Å². The monoisotopic (exact) mass is 428 g/mol. The quantitative estimate of drug-likeness (QED) is 0.406. The number of unbranched alkanes of at least 4 members (excludes halogenated alkanes) is 1. The van der Waals surface area contributed by atoms with E-state index in [0.717, 1.165) is 17.7 Å². The zero-order chi connectivity index (χ0) is 21.7. The zero-order valence-electron chi connectivity index (χ0n) is 16.6. The molecular formula is C22H21ClN2O5. The normalized spacial score (nSPS) is 15.4. The van der Waals surface area contributed by atoms with Gasteiger partial charge in [-0.25, -0.2) is 9.69 Å². The van der Waals surface area contributed by atoms with E-state index in [1.165, 1.54) is 13.2 Å². The molecule has 2 aromatic carbocycles. The second-order valence-electron chi connectivity index (χ2n) is 6.54. The van der Waals surface area contributed by atoms with Gasteiger partial charge in [0.25, 0.3) is 11.8 Å². The third-order valence-electron chi connectivity index (χ3n) is 4.46. The lowest BCUT2D eigenvalue weighted by atomic mass is 10.1. The number of hydrogen-bond acceptors (Lipinski definition) is 5. The first-order valence-electron chi connectivity index (χ1n) is 9.42. The molecule has 7 nitrogen and oxygen atoms in total. The number of amides is 4. The van der Waals surface area contributed by atoms with Crippen LogP contribution in [0.4, 0.5) is 10.5 Å². The molecule has 1 aliphatic rings. The van der Waals surface area contributed by atoms with E-state index >= 15 is 0 Å². The molecule has 0 spiro atoms. The lowest BCUT2D eigenvalue weighted by molar-refractivity contribution is -0.122. The molecule has 0 aromatic heterocycles. The van der Waals surface area contributed by atoms with Crippen LogP contribution in [0, 0.1) is 0 Å². The van der Waals surface area contributed by atoms with E-state index in [0.29, 0.717) is 34.4 Å². The fourth-order valence-corrected chi connectivity index (χ4v) is 3.05. The Morgan fingerprint density at radius 1 is 1.10 bits per heavy atom. The predicted molar refractivity (Wildman–Crippen MR) is 114 cm³/mol. The molecule has 30 heavy (non-hydrogen) atoms. The van der Waals surface area contributed by atoms with Gasteiger partial charge >= 0.3 is 6.03 Å². The first kappa shape index (κ1) is 21.4. The molecular weight excluding hydrogens is 408 g/mol. The minimum atomic E-state index is -0.821. The Bertz CT molecular complexity index is 1000. The molecule has 156 valence electrons. The van der Waals surface area contributed by atoms with E-state index in [9.17, 15) is 14.4 Å². The summed E-state index contributed by atoms with van der Waals surface area (Å²) in [5.74, 6) is -0.459. The van der Waals surface area contributed by atoms with Crippen molar-refractivity contribution in [1.82, 2.24) is 5.32 Å². The van der Waals surface area contributed by atoms with E-state index in [2.05, 4.69) is 5.32 Å². The van der Waals surface area contributed by atoms with Gasteiger partial charge in [-0.3, -0.25) is 14.9 Å². The summed E-state index contributed by atoms with van der Waals surface area (Å²) in [6.45, 7) is 2.54. The molecule has 0 atom stereocenters. The molecule has 0 aliphatic carbocycles. The van der Waals surface area contributed by atoms with Crippen LogP contribution in [0.3, 0.4) is 0 Å². The van der Waals surface area contributed by atoms with E-state index in [4.69, 9.17) is 21.1 Å². The van der Waals surface area contributed by atoms with Gasteiger partial charge in [0.15, 0.2) is 0 Å². The topological polar surface area (TPSA) is 84.9 Å². The molecule has 1 fully saturated rings. The highest BCUT2D eigenvalue weighted by atomic mass is 35.5. The summed E-state index contributed by atoms with van der Waals surface area (Å²) in [5, 5.41) is 2.62. The summed E-state index contributed by atoms with van der Waals surface area (Å²) in [6.07, 6.45) is 3.20. The van der Waals surface area contributed by atoms with Gasteiger partial charge in [0.1, 0.15) is 17.1 Å².